The van der Waals surface area contributed by atoms with Gasteiger partial charge in [-0.3, -0.25) is 18.8 Å². The smallest absolute Gasteiger partial charge is 0.299 e. The van der Waals surface area contributed by atoms with Crippen LogP contribution >= 0.6 is 11.3 Å². The minimum atomic E-state index is -0.260. The summed E-state index contributed by atoms with van der Waals surface area (Å²) in [5.41, 5.74) is 0.288. The Hall–Kier alpha value is -1.66. The zero-order valence-electron chi connectivity index (χ0n) is 12.3. The van der Waals surface area contributed by atoms with Gasteiger partial charge < -0.3 is 0 Å². The van der Waals surface area contributed by atoms with Gasteiger partial charge >= 0.3 is 5.69 Å². The molecule has 2 aromatic rings. The molecule has 0 aliphatic carbocycles. The van der Waals surface area contributed by atoms with Crippen LogP contribution in [0.3, 0.4) is 0 Å². The fourth-order valence-electron chi connectivity index (χ4n) is 2.96. The van der Waals surface area contributed by atoms with Gasteiger partial charge in [-0.1, -0.05) is 6.07 Å². The molecule has 1 fully saturated rings. The first-order valence-electron chi connectivity index (χ1n) is 7.11. The van der Waals surface area contributed by atoms with E-state index in [-0.39, 0.29) is 11.2 Å². The molecule has 0 radical (unpaired) electrons. The van der Waals surface area contributed by atoms with E-state index in [4.69, 9.17) is 0 Å². The number of nitrogens with zero attached hydrogens (tertiary/aromatic N) is 3. The van der Waals surface area contributed by atoms with E-state index < -0.39 is 0 Å². The van der Waals surface area contributed by atoms with Crippen molar-refractivity contribution in [3.05, 3.63) is 55.0 Å². The van der Waals surface area contributed by atoms with Crippen LogP contribution in [0.4, 0.5) is 0 Å². The first-order valence-corrected chi connectivity index (χ1v) is 7.99. The van der Waals surface area contributed by atoms with E-state index in [1.807, 2.05) is 0 Å². The molecule has 2 aromatic heterocycles. The second kappa shape index (κ2) is 5.61. The summed E-state index contributed by atoms with van der Waals surface area (Å²) in [5, 5.41) is 2.10. The second-order valence-electron chi connectivity index (χ2n) is 5.52. The Morgan fingerprint density at radius 2 is 2.10 bits per heavy atom. The van der Waals surface area contributed by atoms with Gasteiger partial charge in [0.05, 0.1) is 0 Å². The summed E-state index contributed by atoms with van der Waals surface area (Å²) in [5.74, 6) is 0. The minimum Gasteiger partial charge on any atom is -0.299 e. The highest BCUT2D eigenvalue weighted by Crippen LogP contribution is 2.35. The normalized spacial score (nSPS) is 19.2. The Labute approximate surface area is 127 Å². The maximum absolute atomic E-state index is 12.0. The Morgan fingerprint density at radius 3 is 2.81 bits per heavy atom. The Balaban J connectivity index is 1.90. The molecular weight excluding hydrogens is 286 g/mol. The highest BCUT2D eigenvalue weighted by Gasteiger charge is 2.27. The number of aromatic nitrogens is 2. The number of likely N-dealkylation sites (tertiary alicyclic amines) is 1. The maximum atomic E-state index is 12.0. The van der Waals surface area contributed by atoms with Crippen molar-refractivity contribution in [1.82, 2.24) is 14.0 Å². The lowest BCUT2D eigenvalue weighted by molar-refractivity contribution is 0.244. The van der Waals surface area contributed by atoms with Crippen molar-refractivity contribution >= 4 is 11.3 Å². The van der Waals surface area contributed by atoms with E-state index in [9.17, 15) is 9.59 Å². The molecular formula is C15H19N3O2S. The largest absolute Gasteiger partial charge is 0.330 e. The number of hydrogen-bond donors (Lipinski definition) is 0. The van der Waals surface area contributed by atoms with Crippen LogP contribution in [0, 0.1) is 0 Å². The predicted molar refractivity (Wildman–Crippen MR) is 83.6 cm³/mol. The van der Waals surface area contributed by atoms with Crippen molar-refractivity contribution in [1.29, 1.82) is 0 Å². The zero-order valence-corrected chi connectivity index (χ0v) is 13.1. The molecule has 112 valence electrons. The zero-order chi connectivity index (χ0) is 15.0. The molecule has 0 aromatic carbocycles. The molecule has 1 unspecified atom stereocenters. The standard InChI is InChI=1S/C15H19N3O2S/c1-16-11(9-14(19)17(2)15(16)20)10-18-7-3-5-12(18)13-6-4-8-21-13/h4,6,8-9,12H,3,5,7,10H2,1-2H3. The highest BCUT2D eigenvalue weighted by molar-refractivity contribution is 7.10. The van der Waals surface area contributed by atoms with Gasteiger partial charge in [-0.25, -0.2) is 4.79 Å². The molecule has 1 atom stereocenters. The topological polar surface area (TPSA) is 47.2 Å². The summed E-state index contributed by atoms with van der Waals surface area (Å²) < 4.78 is 2.72. The number of hydrogen-bond acceptors (Lipinski definition) is 4. The summed E-state index contributed by atoms with van der Waals surface area (Å²) >= 11 is 1.77. The fourth-order valence-corrected chi connectivity index (χ4v) is 3.85. The van der Waals surface area contributed by atoms with E-state index >= 15 is 0 Å². The van der Waals surface area contributed by atoms with Gasteiger partial charge in [0, 0.05) is 43.3 Å². The van der Waals surface area contributed by atoms with Crippen LogP contribution in [0.25, 0.3) is 0 Å². The monoisotopic (exact) mass is 305 g/mol. The Morgan fingerprint density at radius 1 is 1.29 bits per heavy atom. The van der Waals surface area contributed by atoms with Crippen molar-refractivity contribution in [2.75, 3.05) is 6.54 Å². The molecule has 0 spiro atoms. The summed E-state index contributed by atoms with van der Waals surface area (Å²) in [7, 11) is 3.24. The molecule has 5 nitrogen and oxygen atoms in total. The van der Waals surface area contributed by atoms with E-state index in [1.165, 1.54) is 11.9 Å². The van der Waals surface area contributed by atoms with Gasteiger partial charge in [0.25, 0.3) is 5.56 Å². The highest BCUT2D eigenvalue weighted by atomic mass is 32.1. The average Bonchev–Trinajstić information content (AvgIpc) is 3.12. The van der Waals surface area contributed by atoms with Crippen LogP contribution in [-0.4, -0.2) is 20.6 Å². The lowest BCUT2D eigenvalue weighted by atomic mass is 10.2. The Bertz CT molecular complexity index is 745. The van der Waals surface area contributed by atoms with Crippen LogP contribution < -0.4 is 11.2 Å². The SMILES string of the molecule is Cn1c(CN2CCCC2c2cccs2)cc(=O)n(C)c1=O. The van der Waals surface area contributed by atoms with Crippen LogP contribution in [0.2, 0.25) is 0 Å². The van der Waals surface area contributed by atoms with Crippen LogP contribution in [0.5, 0.6) is 0 Å². The van der Waals surface area contributed by atoms with E-state index in [2.05, 4.69) is 22.4 Å². The molecule has 1 aliphatic rings. The molecule has 1 saturated heterocycles. The van der Waals surface area contributed by atoms with Gasteiger partial charge in [0.1, 0.15) is 0 Å². The van der Waals surface area contributed by atoms with Crippen molar-refractivity contribution in [3.8, 4) is 0 Å². The van der Waals surface area contributed by atoms with Crippen molar-refractivity contribution in [3.63, 3.8) is 0 Å². The molecule has 21 heavy (non-hydrogen) atoms. The average molecular weight is 305 g/mol. The molecule has 1 aliphatic heterocycles. The van der Waals surface area contributed by atoms with Crippen molar-refractivity contribution < 1.29 is 0 Å². The molecule has 6 heteroatoms. The molecule has 0 N–H and O–H groups in total. The van der Waals surface area contributed by atoms with Crippen LogP contribution in [0.15, 0.2) is 33.2 Å². The van der Waals surface area contributed by atoms with Gasteiger partial charge in [-0.05, 0) is 30.8 Å². The van der Waals surface area contributed by atoms with Gasteiger partial charge in [0.2, 0.25) is 0 Å². The summed E-state index contributed by atoms with van der Waals surface area (Å²) in [6, 6.07) is 6.22. The second-order valence-corrected chi connectivity index (χ2v) is 6.50. The van der Waals surface area contributed by atoms with Crippen molar-refractivity contribution in [2.24, 2.45) is 14.1 Å². The fraction of sp³-hybridized carbons (Fsp3) is 0.467. The number of rotatable bonds is 3. The third kappa shape index (κ3) is 2.61. The van der Waals surface area contributed by atoms with Crippen molar-refractivity contribution in [2.45, 2.75) is 25.4 Å². The first-order chi connectivity index (χ1) is 10.1. The third-order valence-electron chi connectivity index (χ3n) is 4.23. The summed E-state index contributed by atoms with van der Waals surface area (Å²) in [6.45, 7) is 1.65. The Kier molecular flexibility index (Phi) is 3.82. The molecule has 0 bridgehead atoms. The lowest BCUT2D eigenvalue weighted by Gasteiger charge is -2.24. The van der Waals surface area contributed by atoms with Crippen LogP contribution in [-0.2, 0) is 20.6 Å². The maximum Gasteiger partial charge on any atom is 0.330 e. The lowest BCUT2D eigenvalue weighted by Crippen LogP contribution is -2.39. The van der Waals surface area contributed by atoms with E-state index in [0.717, 1.165) is 29.6 Å². The van der Waals surface area contributed by atoms with Gasteiger partial charge in [-0.15, -0.1) is 11.3 Å². The molecule has 0 amide bonds. The van der Waals surface area contributed by atoms with E-state index in [1.54, 1.807) is 29.0 Å². The predicted octanol–water partition coefficient (Wildman–Crippen LogP) is 1.48. The third-order valence-corrected chi connectivity index (χ3v) is 5.20. The summed E-state index contributed by atoms with van der Waals surface area (Å²) in [4.78, 5) is 27.6. The van der Waals surface area contributed by atoms with Gasteiger partial charge in [0.15, 0.2) is 0 Å². The van der Waals surface area contributed by atoms with E-state index in [0.29, 0.717) is 12.6 Å². The molecule has 3 heterocycles. The molecule has 3 rings (SSSR count). The first kappa shape index (κ1) is 14.3. The van der Waals surface area contributed by atoms with Crippen LogP contribution in [0.1, 0.15) is 29.5 Å². The minimum absolute atomic E-state index is 0.236. The number of thiophene rings is 1. The van der Waals surface area contributed by atoms with Gasteiger partial charge in [-0.2, -0.15) is 0 Å². The summed E-state index contributed by atoms with van der Waals surface area (Å²) in [6.07, 6.45) is 2.29. The molecule has 0 saturated carbocycles. The quantitative estimate of drug-likeness (QED) is 0.863.